The largest absolute Gasteiger partial charge is 0.469 e. The Hall–Kier alpha value is -2.34. The molecule has 21 atom stereocenters. The van der Waals surface area contributed by atoms with Gasteiger partial charge in [-0.25, -0.2) is 0 Å². The third-order valence-corrected chi connectivity index (χ3v) is 23.4. The molecule has 12 nitrogen and oxygen atoms in total. The Morgan fingerprint density at radius 1 is 0.597 bits per heavy atom. The predicted molar refractivity (Wildman–Crippen MR) is 270 cm³/mol. The van der Waals surface area contributed by atoms with E-state index in [9.17, 15) is 38.4 Å². The molecule has 8 aliphatic rings. The number of Topliss-reactive ketones (excluding diaryl/α,β-unsaturated/α-hetero) is 4. The van der Waals surface area contributed by atoms with Crippen molar-refractivity contribution in [2.75, 3.05) is 14.2 Å². The van der Waals surface area contributed by atoms with Crippen LogP contribution in [-0.4, -0.2) is 78.3 Å². The molecule has 0 amide bonds. The number of fused-ring (bicyclic) bond motifs is 10. The molecule has 0 aromatic heterocycles. The van der Waals surface area contributed by atoms with Crippen LogP contribution in [0.3, 0.4) is 0 Å². The molecule has 0 bridgehead atoms. The van der Waals surface area contributed by atoms with E-state index in [0.29, 0.717) is 43.9 Å². The SMILES string of the molecule is CC[C@H]1C(=O)C2C3CC[C@H]([C@H](C)CCC(=O)OC)[C@@]3(C)C(Br)C(=O)C2[C@@]2(C)CC[C@@H](OC(C)=O)C[C@@H]12.CC[C@H]1C(=O)C2C3CC[C@H]([C@H](C)CCC(=O)OC)[C@@]3(C)CC(=O)C2[C@@]2(C)CC[C@@H](OC(C)=O)C[C@@H]12.[Zn]. The number of hydrogen-bond acceptors (Lipinski definition) is 12. The first-order valence-electron chi connectivity index (χ1n) is 27.6. The van der Waals surface area contributed by atoms with Gasteiger partial charge in [0.05, 0.1) is 19.0 Å². The van der Waals surface area contributed by atoms with Crippen LogP contribution in [0, 0.1) is 105 Å². The summed E-state index contributed by atoms with van der Waals surface area (Å²) in [5.41, 5.74) is -1.00. The van der Waals surface area contributed by atoms with Gasteiger partial charge in [0.25, 0.3) is 0 Å². The van der Waals surface area contributed by atoms with E-state index in [1.54, 1.807) is 0 Å². The summed E-state index contributed by atoms with van der Waals surface area (Å²) in [5, 5.41) is 0. The number of hydrogen-bond donors (Lipinski definition) is 0. The zero-order valence-corrected chi connectivity index (χ0v) is 50.4. The molecule has 7 unspecified atom stereocenters. The summed E-state index contributed by atoms with van der Waals surface area (Å²) in [4.78, 5) is 103. The van der Waals surface area contributed by atoms with E-state index in [-0.39, 0.29) is 176 Å². The van der Waals surface area contributed by atoms with E-state index in [0.717, 1.165) is 77.0 Å². The number of ketones is 4. The zero-order valence-electron chi connectivity index (χ0n) is 45.8. The molecule has 8 saturated carbocycles. The van der Waals surface area contributed by atoms with Crippen molar-refractivity contribution in [1.82, 2.24) is 0 Å². The van der Waals surface area contributed by atoms with E-state index >= 15 is 0 Å². The van der Waals surface area contributed by atoms with E-state index in [1.165, 1.54) is 28.1 Å². The maximum absolute atomic E-state index is 14.3. The van der Waals surface area contributed by atoms with Crippen LogP contribution in [0.1, 0.15) is 178 Å². The fourth-order valence-corrected chi connectivity index (χ4v) is 19.7. The van der Waals surface area contributed by atoms with Gasteiger partial charge in [-0.1, -0.05) is 71.3 Å². The molecule has 0 aliphatic heterocycles. The van der Waals surface area contributed by atoms with Gasteiger partial charge in [-0.15, -0.1) is 0 Å². The van der Waals surface area contributed by atoms with Crippen molar-refractivity contribution in [3.8, 4) is 0 Å². The second kappa shape index (κ2) is 22.7. The van der Waals surface area contributed by atoms with Crippen molar-refractivity contribution in [3.63, 3.8) is 0 Å². The fourth-order valence-electron chi connectivity index (χ4n) is 18.7. The quantitative estimate of drug-likeness (QED) is 0.0784. The van der Waals surface area contributed by atoms with Crippen molar-refractivity contribution in [3.05, 3.63) is 0 Å². The first kappa shape index (κ1) is 58.9. The summed E-state index contributed by atoms with van der Waals surface area (Å²) in [6.45, 7) is 20.4. The molecule has 0 N–H and O–H groups in total. The van der Waals surface area contributed by atoms with Gasteiger partial charge < -0.3 is 18.9 Å². The molecule has 8 aliphatic carbocycles. The van der Waals surface area contributed by atoms with Gasteiger partial charge in [0.1, 0.15) is 29.6 Å². The Morgan fingerprint density at radius 3 is 1.49 bits per heavy atom. The number of carbonyl (C=O) groups is 8. The number of ether oxygens (including phenoxy) is 4. The molecule has 0 aromatic carbocycles. The zero-order chi connectivity index (χ0) is 52.3. The number of carbonyl (C=O) groups excluding carboxylic acids is 8. The van der Waals surface area contributed by atoms with Crippen molar-refractivity contribution in [2.24, 2.45) is 105 Å². The van der Waals surface area contributed by atoms with E-state index in [2.05, 4.69) is 71.3 Å². The van der Waals surface area contributed by atoms with Crippen LogP contribution in [0.5, 0.6) is 0 Å². The molecule has 8 rings (SSSR count). The Kier molecular flexibility index (Phi) is 18.6. The summed E-state index contributed by atoms with van der Waals surface area (Å²) in [7, 11) is 2.84. The van der Waals surface area contributed by atoms with Crippen molar-refractivity contribution < 1.29 is 76.8 Å². The van der Waals surface area contributed by atoms with Gasteiger partial charge in [-0.05, 0) is 159 Å². The smallest absolute Gasteiger partial charge is 0.305 e. The number of esters is 4. The third-order valence-electron chi connectivity index (χ3n) is 22.0. The van der Waals surface area contributed by atoms with E-state index < -0.39 is 0 Å². The van der Waals surface area contributed by atoms with Gasteiger partial charge >= 0.3 is 23.9 Å². The second-order valence-electron chi connectivity index (χ2n) is 25.1. The third kappa shape index (κ3) is 10.1. The number of halogens is 1. The minimum Gasteiger partial charge on any atom is -0.469 e. The van der Waals surface area contributed by atoms with Crippen molar-refractivity contribution in [1.29, 1.82) is 0 Å². The fraction of sp³-hybridized carbons (Fsp3) is 0.862. The summed E-state index contributed by atoms with van der Waals surface area (Å²) < 4.78 is 20.9. The molecule has 400 valence electrons. The molecule has 0 spiro atoms. The summed E-state index contributed by atoms with van der Waals surface area (Å²) >= 11 is 3.90. The van der Waals surface area contributed by atoms with E-state index in [4.69, 9.17) is 18.9 Å². The molecule has 0 saturated heterocycles. The molecular formula is C58H87BrO12Zn. The molecule has 0 aromatic rings. The normalized spacial score (nSPS) is 43.5. The monoisotopic (exact) mass is 1120 g/mol. The van der Waals surface area contributed by atoms with Crippen LogP contribution in [0.25, 0.3) is 0 Å². The number of methoxy groups -OCH3 is 2. The summed E-state index contributed by atoms with van der Waals surface area (Å²) in [6, 6.07) is 0. The molecule has 0 radical (unpaired) electrons. The second-order valence-corrected chi connectivity index (χ2v) is 26.0. The molecule has 0 heterocycles. The average molecular weight is 1120 g/mol. The molecule has 14 heteroatoms. The van der Waals surface area contributed by atoms with Crippen LogP contribution in [-0.2, 0) is 76.8 Å². The van der Waals surface area contributed by atoms with Crippen LogP contribution >= 0.6 is 15.9 Å². The minimum absolute atomic E-state index is 0. The first-order valence-corrected chi connectivity index (χ1v) is 28.6. The topological polar surface area (TPSA) is 173 Å². The maximum atomic E-state index is 14.3. The van der Waals surface area contributed by atoms with E-state index in [1.807, 2.05) is 0 Å². The van der Waals surface area contributed by atoms with Crippen LogP contribution in [0.4, 0.5) is 0 Å². The van der Waals surface area contributed by atoms with Crippen molar-refractivity contribution >= 4 is 62.9 Å². The van der Waals surface area contributed by atoms with Crippen LogP contribution < -0.4 is 0 Å². The van der Waals surface area contributed by atoms with Gasteiger partial charge in [-0.3, -0.25) is 38.4 Å². The van der Waals surface area contributed by atoms with Crippen LogP contribution in [0.2, 0.25) is 0 Å². The standard InChI is InChI=1S/C29H43BrO6.C29H44O6.Zn/c1-7-18-21-14-17(36-16(3)31)12-13-28(21,4)24-23(25(18)33)20-10-9-19(15(2)8-11-22(32)35-6)29(20,5)27(30)26(24)34;1-7-19-22-14-18(35-17(3)30)12-13-28(22,4)26-23(31)15-29(5)20(16(2)8-11-24(32)34-6)9-10-21(29)25(26)27(19)33;/h15,17-21,23-24,27H,7-14H2,1-6H3;16,18-22,25-26H,7-15H2,1-6H3;/t15-,17-,18-,19-,20?,21+,23?,24?,27?,28+,29-;16-,18-,19-,20-,21?,22+,25?,26?,28+,29-;/m11./s1. The van der Waals surface area contributed by atoms with Crippen LogP contribution in [0.15, 0.2) is 0 Å². The molecule has 8 fully saturated rings. The summed E-state index contributed by atoms with van der Waals surface area (Å²) in [6.07, 6.45) is 12.4. The van der Waals surface area contributed by atoms with Gasteiger partial charge in [-0.2, -0.15) is 0 Å². The van der Waals surface area contributed by atoms with Gasteiger partial charge in [0.2, 0.25) is 0 Å². The Morgan fingerprint density at radius 2 is 1.03 bits per heavy atom. The average Bonchev–Trinajstić information content (AvgIpc) is 3.86. The maximum Gasteiger partial charge on any atom is 0.305 e. The number of alkyl halides is 1. The van der Waals surface area contributed by atoms with Gasteiger partial charge in [0, 0.05) is 88.1 Å². The minimum atomic E-state index is -0.320. The predicted octanol–water partition coefficient (Wildman–Crippen LogP) is 10.7. The summed E-state index contributed by atoms with van der Waals surface area (Å²) in [5.74, 6) is 0.611. The Balaban J connectivity index is 0.000000232. The van der Waals surface area contributed by atoms with Crippen molar-refractivity contribution in [2.45, 2.75) is 195 Å². The van der Waals surface area contributed by atoms with Gasteiger partial charge in [0.15, 0.2) is 5.78 Å². The molecular weight excluding hydrogens is 1030 g/mol. The first-order chi connectivity index (χ1) is 33.4. The number of rotatable bonds is 12. The Bertz CT molecular complexity index is 2090. The molecule has 72 heavy (non-hydrogen) atoms. The Labute approximate surface area is 451 Å².